The number of nitrogens with zero attached hydrogens (tertiary/aromatic N) is 2. The number of hydrogen-bond donors (Lipinski definition) is 1. The van der Waals surface area contributed by atoms with Gasteiger partial charge in [-0.1, -0.05) is 23.7 Å². The van der Waals surface area contributed by atoms with E-state index >= 15 is 0 Å². The van der Waals surface area contributed by atoms with Crippen LogP contribution >= 0.6 is 24.0 Å². The lowest BCUT2D eigenvalue weighted by Crippen LogP contribution is -2.52. The summed E-state index contributed by atoms with van der Waals surface area (Å²) in [6, 6.07) is 7.32. The van der Waals surface area contributed by atoms with Crippen molar-refractivity contribution < 1.29 is 9.59 Å². The Kier molecular flexibility index (Phi) is 7.65. The van der Waals surface area contributed by atoms with Crippen molar-refractivity contribution in [1.82, 2.24) is 15.1 Å². The summed E-state index contributed by atoms with van der Waals surface area (Å²) in [6.07, 6.45) is 0.377. The van der Waals surface area contributed by atoms with Crippen LogP contribution in [0.3, 0.4) is 0 Å². The molecule has 0 aromatic heterocycles. The van der Waals surface area contributed by atoms with E-state index in [4.69, 9.17) is 11.6 Å². The molecule has 1 saturated heterocycles. The predicted molar refractivity (Wildman–Crippen MR) is 89.5 cm³/mol. The highest BCUT2D eigenvalue weighted by atomic mass is 35.5. The van der Waals surface area contributed by atoms with Crippen molar-refractivity contribution in [1.29, 1.82) is 0 Å². The van der Waals surface area contributed by atoms with Crippen LogP contribution in [-0.2, 0) is 16.0 Å². The maximum atomic E-state index is 12.2. The summed E-state index contributed by atoms with van der Waals surface area (Å²) in [5.74, 6) is 0.181. The van der Waals surface area contributed by atoms with E-state index in [1.54, 1.807) is 24.1 Å². The zero-order valence-corrected chi connectivity index (χ0v) is 14.1. The highest BCUT2D eigenvalue weighted by Crippen LogP contribution is 2.11. The number of carbonyl (C=O) groups is 2. The van der Waals surface area contributed by atoms with Crippen LogP contribution in [0.5, 0.6) is 0 Å². The maximum Gasteiger partial charge on any atom is 0.236 e. The monoisotopic (exact) mass is 345 g/mol. The molecule has 0 unspecified atom stereocenters. The molecule has 0 aliphatic carbocycles. The summed E-state index contributed by atoms with van der Waals surface area (Å²) in [5.41, 5.74) is 0.957. The van der Waals surface area contributed by atoms with Gasteiger partial charge in [0.05, 0.1) is 13.0 Å². The number of rotatable bonds is 4. The minimum Gasteiger partial charge on any atom is -0.339 e. The van der Waals surface area contributed by atoms with Gasteiger partial charge in [-0.05, 0) is 24.7 Å². The smallest absolute Gasteiger partial charge is 0.236 e. The van der Waals surface area contributed by atoms with Crippen LogP contribution in [-0.4, -0.2) is 61.4 Å². The van der Waals surface area contributed by atoms with E-state index in [0.29, 0.717) is 44.2 Å². The molecule has 2 amide bonds. The number of amides is 2. The van der Waals surface area contributed by atoms with Crippen molar-refractivity contribution in [2.45, 2.75) is 6.42 Å². The summed E-state index contributed by atoms with van der Waals surface area (Å²) in [5, 5.41) is 3.52. The molecule has 22 heavy (non-hydrogen) atoms. The number of likely N-dealkylation sites (N-methyl/N-ethyl adjacent to an activating group) is 1. The molecule has 1 N–H and O–H groups in total. The molecule has 0 saturated carbocycles. The number of halogens is 2. The molecule has 7 heteroatoms. The molecule has 5 nitrogen and oxygen atoms in total. The Bertz CT molecular complexity index is 500. The van der Waals surface area contributed by atoms with Crippen molar-refractivity contribution in [2.75, 3.05) is 39.8 Å². The van der Waals surface area contributed by atoms with Gasteiger partial charge < -0.3 is 15.1 Å². The molecule has 1 fully saturated rings. The van der Waals surface area contributed by atoms with E-state index < -0.39 is 0 Å². The Labute approximate surface area is 142 Å². The molecular formula is C15H21Cl2N3O2. The first-order valence-corrected chi connectivity index (χ1v) is 7.42. The largest absolute Gasteiger partial charge is 0.339 e. The number of piperazine rings is 1. The van der Waals surface area contributed by atoms with Crippen molar-refractivity contribution in [2.24, 2.45) is 0 Å². The molecule has 0 bridgehead atoms. The maximum absolute atomic E-state index is 12.2. The van der Waals surface area contributed by atoms with Crippen LogP contribution in [0.15, 0.2) is 24.3 Å². The number of nitrogens with one attached hydrogen (secondary N) is 1. The fourth-order valence-electron chi connectivity index (χ4n) is 2.36. The van der Waals surface area contributed by atoms with E-state index in [-0.39, 0.29) is 24.2 Å². The lowest BCUT2D eigenvalue weighted by Gasteiger charge is -2.34. The Morgan fingerprint density at radius 2 is 1.55 bits per heavy atom. The zero-order valence-electron chi connectivity index (χ0n) is 12.5. The third kappa shape index (κ3) is 5.16. The summed E-state index contributed by atoms with van der Waals surface area (Å²) in [6.45, 7) is 2.75. The zero-order chi connectivity index (χ0) is 15.2. The average Bonchev–Trinajstić information content (AvgIpc) is 2.50. The van der Waals surface area contributed by atoms with Crippen molar-refractivity contribution in [3.63, 3.8) is 0 Å². The van der Waals surface area contributed by atoms with Crippen LogP contribution in [0.2, 0.25) is 5.02 Å². The van der Waals surface area contributed by atoms with Crippen LogP contribution in [0.4, 0.5) is 0 Å². The molecule has 1 aromatic carbocycles. The van der Waals surface area contributed by atoms with Gasteiger partial charge >= 0.3 is 0 Å². The van der Waals surface area contributed by atoms with Gasteiger partial charge in [0.25, 0.3) is 0 Å². The lowest BCUT2D eigenvalue weighted by atomic mass is 10.1. The van der Waals surface area contributed by atoms with E-state index in [1.807, 2.05) is 17.0 Å². The van der Waals surface area contributed by atoms with E-state index in [9.17, 15) is 9.59 Å². The van der Waals surface area contributed by atoms with E-state index in [1.165, 1.54) is 0 Å². The topological polar surface area (TPSA) is 52.7 Å². The van der Waals surface area contributed by atoms with Crippen molar-refractivity contribution in [3.8, 4) is 0 Å². The fourth-order valence-corrected chi connectivity index (χ4v) is 2.48. The van der Waals surface area contributed by atoms with Crippen molar-refractivity contribution in [3.05, 3.63) is 34.9 Å². The van der Waals surface area contributed by atoms with Gasteiger partial charge in [-0.3, -0.25) is 9.59 Å². The molecule has 0 radical (unpaired) electrons. The van der Waals surface area contributed by atoms with Gasteiger partial charge in [-0.15, -0.1) is 12.4 Å². The van der Waals surface area contributed by atoms with Crippen LogP contribution in [0.1, 0.15) is 5.56 Å². The van der Waals surface area contributed by atoms with E-state index in [0.717, 1.165) is 5.56 Å². The van der Waals surface area contributed by atoms with Gasteiger partial charge in [-0.25, -0.2) is 0 Å². The SMILES string of the molecule is CNCC(=O)N1CCN(C(=O)Cc2ccc(Cl)cc2)CC1.Cl. The molecule has 122 valence electrons. The Morgan fingerprint density at radius 1 is 1.05 bits per heavy atom. The fraction of sp³-hybridized carbons (Fsp3) is 0.467. The summed E-state index contributed by atoms with van der Waals surface area (Å²) in [7, 11) is 1.75. The molecule has 1 aliphatic heterocycles. The molecule has 0 spiro atoms. The molecule has 2 rings (SSSR count). The molecule has 1 aliphatic rings. The number of carbonyl (C=O) groups excluding carboxylic acids is 2. The molecular weight excluding hydrogens is 325 g/mol. The summed E-state index contributed by atoms with van der Waals surface area (Å²) < 4.78 is 0. The highest BCUT2D eigenvalue weighted by molar-refractivity contribution is 6.30. The first kappa shape index (κ1) is 18.7. The highest BCUT2D eigenvalue weighted by Gasteiger charge is 2.23. The summed E-state index contributed by atoms with van der Waals surface area (Å²) >= 11 is 5.83. The second kappa shape index (κ2) is 8.98. The van der Waals surface area contributed by atoms with Gasteiger partial charge in [-0.2, -0.15) is 0 Å². The van der Waals surface area contributed by atoms with Gasteiger partial charge in [0, 0.05) is 31.2 Å². The minimum atomic E-state index is 0. The van der Waals surface area contributed by atoms with Crippen LogP contribution < -0.4 is 5.32 Å². The van der Waals surface area contributed by atoms with Gasteiger partial charge in [0.1, 0.15) is 0 Å². The predicted octanol–water partition coefficient (Wildman–Crippen LogP) is 1.19. The quantitative estimate of drug-likeness (QED) is 0.891. The van der Waals surface area contributed by atoms with E-state index in [2.05, 4.69) is 5.32 Å². The standard InChI is InChI=1S/C15H20ClN3O2.ClH/c1-17-11-15(21)19-8-6-18(7-9-19)14(20)10-12-2-4-13(16)5-3-12;/h2-5,17H,6-11H2,1H3;1H. The first-order valence-electron chi connectivity index (χ1n) is 7.04. The van der Waals surface area contributed by atoms with Crippen LogP contribution in [0.25, 0.3) is 0 Å². The normalized spacial score (nSPS) is 14.5. The Morgan fingerprint density at radius 3 is 2.05 bits per heavy atom. The first-order chi connectivity index (χ1) is 10.1. The van der Waals surface area contributed by atoms with Gasteiger partial charge in [0.15, 0.2) is 0 Å². The molecule has 1 aromatic rings. The second-order valence-corrected chi connectivity index (χ2v) is 5.53. The number of benzene rings is 1. The lowest BCUT2D eigenvalue weighted by molar-refractivity contribution is -0.138. The second-order valence-electron chi connectivity index (χ2n) is 5.10. The third-order valence-electron chi connectivity index (χ3n) is 3.58. The minimum absolute atomic E-state index is 0. The Balaban J connectivity index is 0.00000242. The number of hydrogen-bond acceptors (Lipinski definition) is 3. The van der Waals surface area contributed by atoms with Gasteiger partial charge in [0.2, 0.25) is 11.8 Å². The average molecular weight is 346 g/mol. The molecule has 0 atom stereocenters. The Hall–Kier alpha value is -1.30. The van der Waals surface area contributed by atoms with Crippen molar-refractivity contribution >= 4 is 35.8 Å². The molecule has 1 heterocycles. The summed E-state index contributed by atoms with van der Waals surface area (Å²) in [4.78, 5) is 27.6. The third-order valence-corrected chi connectivity index (χ3v) is 3.83. The van der Waals surface area contributed by atoms with Crippen LogP contribution in [0, 0.1) is 0 Å².